The zero-order valence-electron chi connectivity index (χ0n) is 17.7. The van der Waals surface area contributed by atoms with E-state index in [1.165, 1.54) is 36.9 Å². The lowest BCUT2D eigenvalue weighted by atomic mass is 9.47. The van der Waals surface area contributed by atoms with Gasteiger partial charge in [0.2, 0.25) is 0 Å². The SMILES string of the molecule is CC[C@@H]1[C@@H](C)C(=O)CC23CCN(CC4CCC4)C(Cc4ccc(OC)cc42)[C@@H]13. The third-order valence-electron chi connectivity index (χ3n) is 8.94. The van der Waals surface area contributed by atoms with Gasteiger partial charge in [-0.15, -0.1) is 0 Å². The van der Waals surface area contributed by atoms with Gasteiger partial charge in [-0.05, 0) is 73.2 Å². The molecule has 4 aliphatic rings. The Labute approximate surface area is 169 Å². The average Bonchev–Trinajstić information content (AvgIpc) is 2.67. The van der Waals surface area contributed by atoms with Gasteiger partial charge in [0.05, 0.1) is 7.11 Å². The second-order valence-electron chi connectivity index (χ2n) is 10.0. The molecule has 1 aliphatic heterocycles. The molecule has 2 bridgehead atoms. The lowest BCUT2D eigenvalue weighted by Gasteiger charge is -2.62. The van der Waals surface area contributed by atoms with Crippen LogP contribution in [-0.4, -0.2) is 36.9 Å². The number of methoxy groups -OCH3 is 1. The highest BCUT2D eigenvalue weighted by Gasteiger charge is 2.60. The molecule has 1 aromatic carbocycles. The number of Topliss-reactive ketones (excluding diaryl/α,β-unsaturated/α-hetero) is 1. The van der Waals surface area contributed by atoms with Gasteiger partial charge in [-0.3, -0.25) is 9.69 Å². The number of nitrogens with zero attached hydrogens (tertiary/aromatic N) is 1. The van der Waals surface area contributed by atoms with E-state index in [1.54, 1.807) is 7.11 Å². The Bertz CT molecular complexity index is 770. The van der Waals surface area contributed by atoms with Crippen LogP contribution in [-0.2, 0) is 16.6 Å². The summed E-state index contributed by atoms with van der Waals surface area (Å²) in [5.74, 6) is 3.67. The Morgan fingerprint density at radius 1 is 1.29 bits per heavy atom. The first-order valence-corrected chi connectivity index (χ1v) is 11.5. The molecule has 0 radical (unpaired) electrons. The minimum atomic E-state index is 0.0349. The van der Waals surface area contributed by atoms with E-state index in [4.69, 9.17) is 4.74 Å². The van der Waals surface area contributed by atoms with E-state index in [1.807, 2.05) is 0 Å². The van der Waals surface area contributed by atoms with Gasteiger partial charge in [-0.2, -0.15) is 0 Å². The number of piperidine rings is 1. The quantitative estimate of drug-likeness (QED) is 0.762. The minimum Gasteiger partial charge on any atom is -0.497 e. The molecule has 2 saturated carbocycles. The van der Waals surface area contributed by atoms with Gasteiger partial charge in [-0.1, -0.05) is 32.8 Å². The second kappa shape index (κ2) is 6.86. The smallest absolute Gasteiger partial charge is 0.136 e. The molecule has 0 aromatic heterocycles. The van der Waals surface area contributed by atoms with E-state index >= 15 is 0 Å². The fraction of sp³-hybridized carbons (Fsp3) is 0.720. The Balaban J connectivity index is 1.61. The van der Waals surface area contributed by atoms with Gasteiger partial charge in [0.15, 0.2) is 0 Å². The molecule has 5 rings (SSSR count). The number of carbonyl (C=O) groups is 1. The van der Waals surface area contributed by atoms with Gasteiger partial charge in [0.1, 0.15) is 11.5 Å². The van der Waals surface area contributed by atoms with E-state index in [0.717, 1.165) is 43.9 Å². The molecule has 2 unspecified atom stereocenters. The topological polar surface area (TPSA) is 29.5 Å². The van der Waals surface area contributed by atoms with E-state index in [2.05, 4.69) is 36.9 Å². The first kappa shape index (κ1) is 18.7. The van der Waals surface area contributed by atoms with Crippen molar-refractivity contribution in [3.8, 4) is 5.75 Å². The molecular formula is C25H35NO2. The number of ketones is 1. The maximum Gasteiger partial charge on any atom is 0.136 e. The molecule has 3 nitrogen and oxygen atoms in total. The molecule has 0 spiro atoms. The Kier molecular flexibility index (Phi) is 4.58. The molecule has 3 heteroatoms. The lowest BCUT2D eigenvalue weighted by molar-refractivity contribution is -0.140. The molecular weight excluding hydrogens is 346 g/mol. The van der Waals surface area contributed by atoms with Crippen molar-refractivity contribution in [3.63, 3.8) is 0 Å². The van der Waals surface area contributed by atoms with Crippen LogP contribution >= 0.6 is 0 Å². The van der Waals surface area contributed by atoms with Crippen molar-refractivity contribution in [2.45, 2.75) is 70.3 Å². The van der Waals surface area contributed by atoms with Crippen molar-refractivity contribution < 1.29 is 9.53 Å². The van der Waals surface area contributed by atoms with Crippen LogP contribution < -0.4 is 4.74 Å². The molecule has 1 aromatic rings. The maximum atomic E-state index is 13.1. The number of benzene rings is 1. The highest BCUT2D eigenvalue weighted by Crippen LogP contribution is 2.59. The number of fused-ring (bicyclic) bond motifs is 1. The van der Waals surface area contributed by atoms with Crippen LogP contribution in [0.1, 0.15) is 63.5 Å². The van der Waals surface area contributed by atoms with Crippen LogP contribution in [0.15, 0.2) is 18.2 Å². The minimum absolute atomic E-state index is 0.0349. The zero-order chi connectivity index (χ0) is 19.5. The summed E-state index contributed by atoms with van der Waals surface area (Å²) in [5.41, 5.74) is 2.94. The molecule has 1 saturated heterocycles. The summed E-state index contributed by atoms with van der Waals surface area (Å²) >= 11 is 0. The standard InChI is InChI=1S/C25H35NO2/c1-4-20-16(2)23(27)14-25-10-11-26(15-17-6-5-7-17)22(24(20)25)12-18-8-9-19(28-3)13-21(18)25/h8-9,13,16-17,20,22,24H,4-7,10-12,14-15H2,1-3H3/t16-,20-,22?,24-,25?/m1/s1. The van der Waals surface area contributed by atoms with E-state index in [0.29, 0.717) is 23.7 Å². The van der Waals surface area contributed by atoms with Gasteiger partial charge >= 0.3 is 0 Å². The van der Waals surface area contributed by atoms with Crippen LogP contribution in [0.4, 0.5) is 0 Å². The van der Waals surface area contributed by atoms with E-state index in [-0.39, 0.29) is 11.3 Å². The third kappa shape index (κ3) is 2.61. The molecule has 28 heavy (non-hydrogen) atoms. The van der Waals surface area contributed by atoms with Crippen molar-refractivity contribution in [2.75, 3.05) is 20.2 Å². The number of hydrogen-bond donors (Lipinski definition) is 0. The van der Waals surface area contributed by atoms with Crippen molar-refractivity contribution in [1.29, 1.82) is 0 Å². The van der Waals surface area contributed by atoms with Crippen molar-refractivity contribution in [1.82, 2.24) is 4.90 Å². The predicted octanol–water partition coefficient (Wildman–Crippen LogP) is 4.61. The highest BCUT2D eigenvalue weighted by molar-refractivity contribution is 5.84. The van der Waals surface area contributed by atoms with Crippen LogP contribution in [0.5, 0.6) is 5.75 Å². The summed E-state index contributed by atoms with van der Waals surface area (Å²) in [4.78, 5) is 16.0. The van der Waals surface area contributed by atoms with E-state index < -0.39 is 0 Å². The van der Waals surface area contributed by atoms with Crippen molar-refractivity contribution >= 4 is 5.78 Å². The summed E-state index contributed by atoms with van der Waals surface area (Å²) in [6.45, 7) is 6.95. The van der Waals surface area contributed by atoms with Crippen LogP contribution in [0.25, 0.3) is 0 Å². The predicted molar refractivity (Wildman–Crippen MR) is 112 cm³/mol. The van der Waals surface area contributed by atoms with Gasteiger partial charge in [-0.25, -0.2) is 0 Å². The summed E-state index contributed by atoms with van der Waals surface area (Å²) in [5, 5.41) is 0. The number of carbonyl (C=O) groups excluding carboxylic acids is 1. The fourth-order valence-electron chi connectivity index (χ4n) is 7.25. The Morgan fingerprint density at radius 2 is 2.11 bits per heavy atom. The second-order valence-corrected chi connectivity index (χ2v) is 10.0. The van der Waals surface area contributed by atoms with Crippen molar-refractivity contribution in [2.24, 2.45) is 23.7 Å². The Morgan fingerprint density at radius 3 is 2.79 bits per heavy atom. The van der Waals surface area contributed by atoms with Gasteiger partial charge in [0, 0.05) is 30.3 Å². The van der Waals surface area contributed by atoms with Crippen LogP contribution in [0.2, 0.25) is 0 Å². The number of hydrogen-bond acceptors (Lipinski definition) is 3. The fourth-order valence-corrected chi connectivity index (χ4v) is 7.25. The first-order valence-electron chi connectivity index (χ1n) is 11.5. The first-order chi connectivity index (χ1) is 13.6. The zero-order valence-corrected chi connectivity index (χ0v) is 17.7. The van der Waals surface area contributed by atoms with Crippen LogP contribution in [0, 0.1) is 23.7 Å². The summed E-state index contributed by atoms with van der Waals surface area (Å²) in [6.07, 6.45) is 8.39. The van der Waals surface area contributed by atoms with Gasteiger partial charge in [0.25, 0.3) is 0 Å². The number of ether oxygens (including phenoxy) is 1. The number of likely N-dealkylation sites (tertiary alicyclic amines) is 1. The monoisotopic (exact) mass is 381 g/mol. The van der Waals surface area contributed by atoms with Crippen LogP contribution in [0.3, 0.4) is 0 Å². The summed E-state index contributed by atoms with van der Waals surface area (Å²) in [7, 11) is 1.76. The van der Waals surface area contributed by atoms with E-state index in [9.17, 15) is 4.79 Å². The molecule has 1 heterocycles. The largest absolute Gasteiger partial charge is 0.497 e. The lowest BCUT2D eigenvalue weighted by Crippen LogP contribution is -2.66. The normalized spacial score (nSPS) is 37.8. The summed E-state index contributed by atoms with van der Waals surface area (Å²) in [6, 6.07) is 7.29. The molecule has 0 amide bonds. The molecule has 3 fully saturated rings. The van der Waals surface area contributed by atoms with Gasteiger partial charge < -0.3 is 4.74 Å². The third-order valence-corrected chi connectivity index (χ3v) is 8.94. The average molecular weight is 382 g/mol. The molecule has 0 N–H and O–H groups in total. The number of rotatable bonds is 4. The summed E-state index contributed by atoms with van der Waals surface area (Å²) < 4.78 is 5.60. The maximum absolute atomic E-state index is 13.1. The highest BCUT2D eigenvalue weighted by atomic mass is 16.5. The Hall–Kier alpha value is -1.35. The molecule has 152 valence electrons. The molecule has 3 aliphatic carbocycles. The molecule has 5 atom stereocenters. The van der Waals surface area contributed by atoms with Crippen molar-refractivity contribution in [3.05, 3.63) is 29.3 Å².